The summed E-state index contributed by atoms with van der Waals surface area (Å²) in [5, 5.41) is 0. The zero-order valence-corrected chi connectivity index (χ0v) is 16.3. The summed E-state index contributed by atoms with van der Waals surface area (Å²) in [5.74, 6) is 1.46. The van der Waals surface area contributed by atoms with Crippen molar-refractivity contribution >= 4 is 40.3 Å². The smallest absolute Gasteiger partial charge is 0.266 e. The van der Waals surface area contributed by atoms with Crippen LogP contribution in [0.1, 0.15) is 18.4 Å². The summed E-state index contributed by atoms with van der Waals surface area (Å²) in [6.45, 7) is 1.31. The molecule has 0 aromatic heterocycles. The molecule has 2 aliphatic heterocycles. The lowest BCUT2D eigenvalue weighted by Gasteiger charge is -2.18. The van der Waals surface area contributed by atoms with Crippen molar-refractivity contribution in [2.24, 2.45) is 0 Å². The van der Waals surface area contributed by atoms with Gasteiger partial charge in [-0.15, -0.1) is 0 Å². The van der Waals surface area contributed by atoms with E-state index >= 15 is 0 Å². The second-order valence-corrected chi connectivity index (χ2v) is 8.09. The van der Waals surface area contributed by atoms with Gasteiger partial charge in [0.05, 0.1) is 17.6 Å². The van der Waals surface area contributed by atoms with Gasteiger partial charge in [0.15, 0.2) is 0 Å². The lowest BCUT2D eigenvalue weighted by Crippen LogP contribution is -2.35. The molecule has 0 aliphatic carbocycles. The van der Waals surface area contributed by atoms with Crippen LogP contribution in [0.4, 0.5) is 0 Å². The molecule has 6 heteroatoms. The van der Waals surface area contributed by atoms with E-state index < -0.39 is 0 Å². The Morgan fingerprint density at radius 3 is 2.78 bits per heavy atom. The number of ether oxygens (including phenoxy) is 2. The van der Waals surface area contributed by atoms with Crippen LogP contribution in [-0.2, 0) is 9.53 Å². The molecule has 2 fully saturated rings. The first kappa shape index (κ1) is 18.2. The number of rotatable bonds is 5. The second-order valence-electron chi connectivity index (χ2n) is 6.41. The third-order valence-corrected chi connectivity index (χ3v) is 5.80. The van der Waals surface area contributed by atoms with E-state index in [2.05, 4.69) is 0 Å². The van der Waals surface area contributed by atoms with E-state index in [0.29, 0.717) is 15.8 Å². The number of nitrogens with zero attached hydrogens (tertiary/aromatic N) is 1. The molecule has 27 heavy (non-hydrogen) atoms. The van der Waals surface area contributed by atoms with Gasteiger partial charge in [0, 0.05) is 6.61 Å². The van der Waals surface area contributed by atoms with Crippen LogP contribution in [0, 0.1) is 0 Å². The summed E-state index contributed by atoms with van der Waals surface area (Å²) >= 11 is 6.75. The topological polar surface area (TPSA) is 38.8 Å². The van der Waals surface area contributed by atoms with E-state index in [4.69, 9.17) is 21.7 Å². The maximum atomic E-state index is 12.7. The molecule has 2 heterocycles. The lowest BCUT2D eigenvalue weighted by molar-refractivity contribution is -0.123. The maximum absolute atomic E-state index is 12.7. The van der Waals surface area contributed by atoms with Crippen LogP contribution in [0.5, 0.6) is 11.5 Å². The van der Waals surface area contributed by atoms with Gasteiger partial charge in [0.2, 0.25) is 0 Å². The SMILES string of the molecule is O=C1/C(=C\c2cccc(Oc3ccccc3)c2)SC(=S)N1C[C@H]1CCCO1. The Kier molecular flexibility index (Phi) is 5.57. The van der Waals surface area contributed by atoms with Gasteiger partial charge in [0.1, 0.15) is 15.8 Å². The Bertz CT molecular complexity index is 876. The van der Waals surface area contributed by atoms with Crippen molar-refractivity contribution in [2.75, 3.05) is 13.2 Å². The first-order valence-corrected chi connectivity index (χ1v) is 10.1. The van der Waals surface area contributed by atoms with Crippen molar-refractivity contribution < 1.29 is 14.3 Å². The van der Waals surface area contributed by atoms with Gasteiger partial charge in [-0.3, -0.25) is 9.69 Å². The van der Waals surface area contributed by atoms with Crippen molar-refractivity contribution in [3.63, 3.8) is 0 Å². The molecule has 2 aromatic carbocycles. The van der Waals surface area contributed by atoms with Crippen LogP contribution in [0.15, 0.2) is 59.5 Å². The van der Waals surface area contributed by atoms with Crippen LogP contribution in [-0.4, -0.2) is 34.4 Å². The number of para-hydroxylation sites is 1. The molecule has 0 unspecified atom stereocenters. The van der Waals surface area contributed by atoms with Gasteiger partial charge < -0.3 is 9.47 Å². The van der Waals surface area contributed by atoms with E-state index in [1.807, 2.05) is 60.7 Å². The summed E-state index contributed by atoms with van der Waals surface area (Å²) in [6, 6.07) is 17.3. The number of carbonyl (C=O) groups excluding carboxylic acids is 1. The number of hydrogen-bond donors (Lipinski definition) is 0. The third-order valence-electron chi connectivity index (χ3n) is 4.42. The number of carbonyl (C=O) groups is 1. The zero-order valence-electron chi connectivity index (χ0n) is 14.7. The number of hydrogen-bond acceptors (Lipinski definition) is 5. The average molecular weight is 398 g/mol. The molecule has 4 nitrogen and oxygen atoms in total. The highest BCUT2D eigenvalue weighted by atomic mass is 32.2. The largest absolute Gasteiger partial charge is 0.457 e. The predicted molar refractivity (Wildman–Crippen MR) is 112 cm³/mol. The highest BCUT2D eigenvalue weighted by Gasteiger charge is 2.34. The Morgan fingerprint density at radius 2 is 2.00 bits per heavy atom. The second kappa shape index (κ2) is 8.25. The first-order chi connectivity index (χ1) is 13.2. The summed E-state index contributed by atoms with van der Waals surface area (Å²) in [5.41, 5.74) is 0.904. The molecule has 4 rings (SSSR count). The lowest BCUT2D eigenvalue weighted by atomic mass is 10.2. The molecule has 0 saturated carbocycles. The van der Waals surface area contributed by atoms with Gasteiger partial charge in [0.25, 0.3) is 5.91 Å². The molecular formula is C21H19NO3S2. The zero-order chi connectivity index (χ0) is 18.6. The maximum Gasteiger partial charge on any atom is 0.266 e. The van der Waals surface area contributed by atoms with Gasteiger partial charge >= 0.3 is 0 Å². The molecule has 2 aromatic rings. The number of thiocarbonyl (C=S) groups is 1. The summed E-state index contributed by atoms with van der Waals surface area (Å²) in [7, 11) is 0. The Hall–Kier alpha value is -2.15. The molecule has 0 bridgehead atoms. The number of thioether (sulfide) groups is 1. The highest BCUT2D eigenvalue weighted by Crippen LogP contribution is 2.34. The van der Waals surface area contributed by atoms with E-state index in [-0.39, 0.29) is 12.0 Å². The molecule has 0 N–H and O–H groups in total. The molecular weight excluding hydrogens is 378 g/mol. The standard InChI is InChI=1S/C21H19NO3S2/c23-20-19(27-21(26)22(20)14-18-10-5-11-24-18)13-15-6-4-9-17(12-15)25-16-7-2-1-3-8-16/h1-4,6-9,12-13,18H,5,10-11,14H2/b19-13+/t18-/m1/s1. The summed E-state index contributed by atoms with van der Waals surface area (Å²) in [4.78, 5) is 15.0. The Balaban J connectivity index is 1.49. The predicted octanol–water partition coefficient (Wildman–Crippen LogP) is 4.86. The van der Waals surface area contributed by atoms with E-state index in [1.54, 1.807) is 4.90 Å². The van der Waals surface area contributed by atoms with Crippen LogP contribution in [0.2, 0.25) is 0 Å². The van der Waals surface area contributed by atoms with Crippen molar-refractivity contribution in [1.82, 2.24) is 4.90 Å². The van der Waals surface area contributed by atoms with Crippen LogP contribution >= 0.6 is 24.0 Å². The number of amides is 1. The van der Waals surface area contributed by atoms with Crippen LogP contribution in [0.3, 0.4) is 0 Å². The molecule has 1 atom stereocenters. The van der Waals surface area contributed by atoms with Crippen LogP contribution < -0.4 is 4.74 Å². The number of benzene rings is 2. The minimum Gasteiger partial charge on any atom is -0.457 e. The van der Waals surface area contributed by atoms with Crippen molar-refractivity contribution in [3.8, 4) is 11.5 Å². The van der Waals surface area contributed by atoms with Gasteiger partial charge in [-0.1, -0.05) is 54.3 Å². The third kappa shape index (κ3) is 4.40. The Morgan fingerprint density at radius 1 is 1.19 bits per heavy atom. The normalized spacial score (nSPS) is 21.3. The fourth-order valence-electron chi connectivity index (χ4n) is 3.09. The van der Waals surface area contributed by atoms with Gasteiger partial charge in [-0.2, -0.15) is 0 Å². The van der Waals surface area contributed by atoms with E-state index in [0.717, 1.165) is 36.5 Å². The van der Waals surface area contributed by atoms with Crippen molar-refractivity contribution in [2.45, 2.75) is 18.9 Å². The molecule has 0 radical (unpaired) electrons. The summed E-state index contributed by atoms with van der Waals surface area (Å²) in [6.07, 6.45) is 3.99. The minimum atomic E-state index is -0.0464. The highest BCUT2D eigenvalue weighted by molar-refractivity contribution is 8.26. The average Bonchev–Trinajstić information content (AvgIpc) is 3.27. The molecule has 2 aliphatic rings. The first-order valence-electron chi connectivity index (χ1n) is 8.89. The van der Waals surface area contributed by atoms with Crippen LogP contribution in [0.25, 0.3) is 6.08 Å². The summed E-state index contributed by atoms with van der Waals surface area (Å²) < 4.78 is 12.1. The molecule has 0 spiro atoms. The Labute approximate surface area is 168 Å². The molecule has 1 amide bonds. The molecule has 2 saturated heterocycles. The van der Waals surface area contributed by atoms with Gasteiger partial charge in [-0.25, -0.2) is 0 Å². The minimum absolute atomic E-state index is 0.0464. The van der Waals surface area contributed by atoms with E-state index in [9.17, 15) is 4.79 Å². The fraction of sp³-hybridized carbons (Fsp3) is 0.238. The van der Waals surface area contributed by atoms with E-state index in [1.165, 1.54) is 11.8 Å². The fourth-order valence-corrected chi connectivity index (χ4v) is 4.37. The monoisotopic (exact) mass is 397 g/mol. The molecule has 138 valence electrons. The van der Waals surface area contributed by atoms with Gasteiger partial charge in [-0.05, 0) is 48.7 Å². The van der Waals surface area contributed by atoms with Crippen molar-refractivity contribution in [1.29, 1.82) is 0 Å². The quantitative estimate of drug-likeness (QED) is 0.532. The van der Waals surface area contributed by atoms with Crippen molar-refractivity contribution in [3.05, 3.63) is 65.1 Å².